The van der Waals surface area contributed by atoms with E-state index in [1.807, 2.05) is 13.8 Å². The van der Waals surface area contributed by atoms with Gasteiger partial charge in [0.2, 0.25) is 0 Å². The van der Waals surface area contributed by atoms with Crippen LogP contribution in [0.1, 0.15) is 28.4 Å². The molecule has 132 valence electrons. The van der Waals surface area contributed by atoms with E-state index in [0.717, 1.165) is 11.1 Å². The third-order valence-corrected chi connectivity index (χ3v) is 4.28. The number of carbonyl (C=O) groups is 2. The van der Waals surface area contributed by atoms with E-state index >= 15 is 0 Å². The Morgan fingerprint density at radius 3 is 2.32 bits per heavy atom. The summed E-state index contributed by atoms with van der Waals surface area (Å²) in [6.07, 6.45) is -0.759. The van der Waals surface area contributed by atoms with Gasteiger partial charge in [0.25, 0.3) is 5.91 Å². The van der Waals surface area contributed by atoms with E-state index in [0.29, 0.717) is 16.5 Å². The van der Waals surface area contributed by atoms with E-state index < -0.39 is 12.1 Å². The van der Waals surface area contributed by atoms with Gasteiger partial charge in [0.15, 0.2) is 6.10 Å². The molecule has 5 nitrogen and oxygen atoms in total. The highest BCUT2D eigenvalue weighted by Crippen LogP contribution is 2.26. The number of para-hydroxylation sites is 1. The molecule has 1 N–H and O–H groups in total. The number of nitrogens with one attached hydrogen (secondary N) is 1. The maximum absolute atomic E-state index is 12.4. The quantitative estimate of drug-likeness (QED) is 0.812. The van der Waals surface area contributed by atoms with Crippen molar-refractivity contribution in [2.75, 3.05) is 12.4 Å². The molecule has 0 aliphatic rings. The molecular weight excluding hydrogens is 342 g/mol. The Morgan fingerprint density at radius 2 is 1.72 bits per heavy atom. The van der Waals surface area contributed by atoms with Gasteiger partial charge in [-0.1, -0.05) is 23.7 Å². The van der Waals surface area contributed by atoms with Crippen molar-refractivity contribution in [3.8, 4) is 5.75 Å². The van der Waals surface area contributed by atoms with E-state index in [2.05, 4.69) is 5.32 Å². The van der Waals surface area contributed by atoms with Crippen LogP contribution < -0.4 is 10.1 Å². The first-order chi connectivity index (χ1) is 11.8. The van der Waals surface area contributed by atoms with E-state index in [9.17, 15) is 9.59 Å². The van der Waals surface area contributed by atoms with E-state index in [-0.39, 0.29) is 11.5 Å². The summed E-state index contributed by atoms with van der Waals surface area (Å²) in [5.74, 6) is -0.335. The second-order valence-corrected chi connectivity index (χ2v) is 6.04. The summed E-state index contributed by atoms with van der Waals surface area (Å²) in [4.78, 5) is 24.2. The van der Waals surface area contributed by atoms with Crippen molar-refractivity contribution in [1.82, 2.24) is 0 Å². The van der Waals surface area contributed by atoms with E-state index in [1.165, 1.54) is 7.11 Å². The summed E-state index contributed by atoms with van der Waals surface area (Å²) < 4.78 is 10.4. The molecule has 0 saturated carbocycles. The summed E-state index contributed by atoms with van der Waals surface area (Å²) in [5, 5.41) is 3.37. The zero-order chi connectivity index (χ0) is 18.6. The predicted octanol–water partition coefficient (Wildman–Crippen LogP) is 4.15. The Hall–Kier alpha value is -2.53. The van der Waals surface area contributed by atoms with Crippen LogP contribution in [0.25, 0.3) is 0 Å². The summed E-state index contributed by atoms with van der Waals surface area (Å²) in [5.41, 5.74) is 2.41. The molecule has 2 aromatic rings. The molecule has 0 saturated heterocycles. The first-order valence-corrected chi connectivity index (χ1v) is 8.13. The molecule has 0 spiro atoms. The van der Waals surface area contributed by atoms with Gasteiger partial charge < -0.3 is 14.8 Å². The molecule has 0 fully saturated rings. The van der Waals surface area contributed by atoms with Crippen molar-refractivity contribution in [3.63, 3.8) is 0 Å². The number of hydrogen-bond donors (Lipinski definition) is 1. The van der Waals surface area contributed by atoms with Crippen LogP contribution in [0.5, 0.6) is 5.75 Å². The molecule has 6 heteroatoms. The van der Waals surface area contributed by atoms with E-state index in [4.69, 9.17) is 21.1 Å². The fraction of sp³-hybridized carbons (Fsp3) is 0.263. The largest absolute Gasteiger partial charge is 0.481 e. The third kappa shape index (κ3) is 4.51. The van der Waals surface area contributed by atoms with Crippen molar-refractivity contribution >= 4 is 29.2 Å². The average molecular weight is 362 g/mol. The van der Waals surface area contributed by atoms with Crippen molar-refractivity contribution in [2.24, 2.45) is 0 Å². The first kappa shape index (κ1) is 18.8. The molecule has 0 aliphatic carbocycles. The molecule has 0 radical (unpaired) electrons. The smallest absolute Gasteiger partial charge is 0.339 e. The molecular formula is C19H20ClNO4. The summed E-state index contributed by atoms with van der Waals surface area (Å²) in [6.45, 7) is 5.38. The van der Waals surface area contributed by atoms with Crippen LogP contribution in [0.3, 0.4) is 0 Å². The van der Waals surface area contributed by atoms with Crippen molar-refractivity contribution in [3.05, 3.63) is 58.1 Å². The van der Waals surface area contributed by atoms with Crippen LogP contribution in [0, 0.1) is 13.8 Å². The minimum atomic E-state index is -0.759. The van der Waals surface area contributed by atoms with Crippen LogP contribution in [0.4, 0.5) is 5.69 Å². The lowest BCUT2D eigenvalue weighted by atomic mass is 10.1. The zero-order valence-electron chi connectivity index (χ0n) is 14.6. The molecule has 2 aromatic carbocycles. The SMILES string of the molecule is COC(=O)c1ccccc1NC(=O)[C@@H](C)Oc1cc(C)c(Cl)c(C)c1. The van der Waals surface area contributed by atoms with Gasteiger partial charge in [-0.15, -0.1) is 0 Å². The molecule has 1 amide bonds. The minimum absolute atomic E-state index is 0.281. The molecule has 0 heterocycles. The summed E-state index contributed by atoms with van der Waals surface area (Å²) in [7, 11) is 1.29. The van der Waals surface area contributed by atoms with E-state index in [1.54, 1.807) is 43.3 Å². The first-order valence-electron chi connectivity index (χ1n) is 7.75. The number of anilines is 1. The number of benzene rings is 2. The van der Waals surface area contributed by atoms with Crippen molar-refractivity contribution in [1.29, 1.82) is 0 Å². The second kappa shape index (κ2) is 8.03. The number of hydrogen-bond acceptors (Lipinski definition) is 4. The average Bonchev–Trinajstić information content (AvgIpc) is 2.59. The van der Waals surface area contributed by atoms with Gasteiger partial charge >= 0.3 is 5.97 Å². The number of ether oxygens (including phenoxy) is 2. The normalized spacial score (nSPS) is 11.6. The number of carbonyl (C=O) groups excluding carboxylic acids is 2. The summed E-state index contributed by atoms with van der Waals surface area (Å²) >= 11 is 6.14. The van der Waals surface area contributed by atoms with Crippen LogP contribution in [-0.2, 0) is 9.53 Å². The number of amides is 1. The maximum atomic E-state index is 12.4. The number of halogens is 1. The standard InChI is InChI=1S/C19H20ClNO4/c1-11-9-14(10-12(2)17(11)20)25-13(3)18(22)21-16-8-6-5-7-15(16)19(23)24-4/h5-10,13H,1-4H3,(H,21,22)/t13-/m1/s1. The van der Waals surface area contributed by atoms with Crippen LogP contribution in [-0.4, -0.2) is 25.1 Å². The Bertz CT molecular complexity index is 781. The Balaban J connectivity index is 2.13. The summed E-state index contributed by atoms with van der Waals surface area (Å²) in [6, 6.07) is 10.2. The second-order valence-electron chi connectivity index (χ2n) is 5.66. The maximum Gasteiger partial charge on any atom is 0.339 e. The number of esters is 1. The van der Waals surface area contributed by atoms with Crippen LogP contribution >= 0.6 is 11.6 Å². The fourth-order valence-electron chi connectivity index (χ4n) is 2.35. The fourth-order valence-corrected chi connectivity index (χ4v) is 2.46. The topological polar surface area (TPSA) is 64.6 Å². The Labute approximate surface area is 151 Å². The molecule has 0 unspecified atom stereocenters. The lowest BCUT2D eigenvalue weighted by Crippen LogP contribution is -2.30. The lowest BCUT2D eigenvalue weighted by molar-refractivity contribution is -0.122. The molecule has 25 heavy (non-hydrogen) atoms. The predicted molar refractivity (Wildman–Crippen MR) is 97.4 cm³/mol. The highest BCUT2D eigenvalue weighted by atomic mass is 35.5. The monoisotopic (exact) mass is 361 g/mol. The van der Waals surface area contributed by atoms with Crippen molar-refractivity contribution in [2.45, 2.75) is 26.9 Å². The number of methoxy groups -OCH3 is 1. The minimum Gasteiger partial charge on any atom is -0.481 e. The van der Waals surface area contributed by atoms with Gasteiger partial charge in [0.1, 0.15) is 5.75 Å². The Kier molecular flexibility index (Phi) is 6.04. The molecule has 0 aliphatic heterocycles. The highest BCUT2D eigenvalue weighted by molar-refractivity contribution is 6.32. The third-order valence-electron chi connectivity index (χ3n) is 3.68. The number of rotatable bonds is 5. The van der Waals surface area contributed by atoms with Crippen molar-refractivity contribution < 1.29 is 19.1 Å². The van der Waals surface area contributed by atoms with Crippen LogP contribution in [0.2, 0.25) is 5.02 Å². The molecule has 0 aromatic heterocycles. The van der Waals surface area contributed by atoms with Gasteiger partial charge in [-0.3, -0.25) is 4.79 Å². The zero-order valence-corrected chi connectivity index (χ0v) is 15.3. The number of aryl methyl sites for hydroxylation is 2. The molecule has 1 atom stereocenters. The van der Waals surface area contributed by atoms with Gasteiger partial charge in [0.05, 0.1) is 18.4 Å². The molecule has 0 bridgehead atoms. The van der Waals surface area contributed by atoms with Gasteiger partial charge in [-0.2, -0.15) is 0 Å². The lowest BCUT2D eigenvalue weighted by Gasteiger charge is -2.17. The Morgan fingerprint density at radius 1 is 1.12 bits per heavy atom. The van der Waals surface area contributed by atoms with Gasteiger partial charge in [-0.25, -0.2) is 4.79 Å². The van der Waals surface area contributed by atoms with Gasteiger partial charge in [-0.05, 0) is 56.2 Å². The van der Waals surface area contributed by atoms with Gasteiger partial charge in [0, 0.05) is 5.02 Å². The molecule has 2 rings (SSSR count). The van der Waals surface area contributed by atoms with Crippen LogP contribution in [0.15, 0.2) is 36.4 Å². The highest BCUT2D eigenvalue weighted by Gasteiger charge is 2.19.